The van der Waals surface area contributed by atoms with Gasteiger partial charge in [0.25, 0.3) is 0 Å². The standard InChI is InChI=1S/C18H35N5/c1-19-18(20-14-16-6-11-21(2)12-7-16)23-13-8-17(15-23)22-9-4-3-5-10-22/h16-17H,3-15H2,1-2H3,(H,19,20). The molecule has 0 amide bonds. The van der Waals surface area contributed by atoms with Crippen LogP contribution in [0.25, 0.3) is 0 Å². The van der Waals surface area contributed by atoms with Gasteiger partial charge >= 0.3 is 0 Å². The second-order valence-corrected chi connectivity index (χ2v) is 7.66. The Kier molecular flexibility index (Phi) is 6.17. The molecule has 132 valence electrons. The molecule has 3 saturated heterocycles. The molecule has 3 aliphatic heterocycles. The molecule has 3 aliphatic rings. The maximum atomic E-state index is 4.55. The third-order valence-electron chi connectivity index (χ3n) is 5.97. The highest BCUT2D eigenvalue weighted by molar-refractivity contribution is 5.80. The first kappa shape index (κ1) is 17.0. The van der Waals surface area contributed by atoms with Crippen LogP contribution in [0.3, 0.4) is 0 Å². The van der Waals surface area contributed by atoms with E-state index in [4.69, 9.17) is 0 Å². The van der Waals surface area contributed by atoms with Gasteiger partial charge in [-0.05, 0) is 71.2 Å². The highest BCUT2D eigenvalue weighted by Gasteiger charge is 2.30. The van der Waals surface area contributed by atoms with Crippen molar-refractivity contribution in [3.8, 4) is 0 Å². The summed E-state index contributed by atoms with van der Waals surface area (Å²) >= 11 is 0. The predicted octanol–water partition coefficient (Wildman–Crippen LogP) is 1.46. The van der Waals surface area contributed by atoms with Gasteiger partial charge in [-0.3, -0.25) is 9.89 Å². The van der Waals surface area contributed by atoms with Crippen molar-refractivity contribution in [3.63, 3.8) is 0 Å². The molecule has 1 N–H and O–H groups in total. The summed E-state index contributed by atoms with van der Waals surface area (Å²) in [6.07, 6.45) is 8.13. The van der Waals surface area contributed by atoms with Crippen LogP contribution < -0.4 is 5.32 Å². The molecule has 0 aliphatic carbocycles. The molecule has 23 heavy (non-hydrogen) atoms. The SMILES string of the molecule is CN=C(NCC1CCN(C)CC1)N1CCC(N2CCCCC2)C1. The molecule has 0 bridgehead atoms. The fraction of sp³-hybridized carbons (Fsp3) is 0.944. The Morgan fingerprint density at radius 3 is 2.43 bits per heavy atom. The van der Waals surface area contributed by atoms with Crippen LogP contribution in [0.15, 0.2) is 4.99 Å². The second kappa shape index (κ2) is 8.34. The van der Waals surface area contributed by atoms with Gasteiger partial charge in [-0.15, -0.1) is 0 Å². The van der Waals surface area contributed by atoms with Crippen LogP contribution in [-0.4, -0.2) is 86.6 Å². The lowest BCUT2D eigenvalue weighted by Gasteiger charge is -2.33. The van der Waals surface area contributed by atoms with Gasteiger partial charge in [0.05, 0.1) is 0 Å². The number of hydrogen-bond donors (Lipinski definition) is 1. The van der Waals surface area contributed by atoms with Crippen molar-refractivity contribution in [1.29, 1.82) is 0 Å². The van der Waals surface area contributed by atoms with E-state index in [-0.39, 0.29) is 0 Å². The molecule has 0 aromatic heterocycles. The summed E-state index contributed by atoms with van der Waals surface area (Å²) < 4.78 is 0. The number of piperidine rings is 2. The van der Waals surface area contributed by atoms with Gasteiger partial charge < -0.3 is 15.1 Å². The first-order valence-corrected chi connectivity index (χ1v) is 9.64. The number of rotatable bonds is 3. The summed E-state index contributed by atoms with van der Waals surface area (Å²) in [5, 5.41) is 3.66. The molecule has 0 aromatic carbocycles. The predicted molar refractivity (Wildman–Crippen MR) is 97.0 cm³/mol. The van der Waals surface area contributed by atoms with E-state index in [0.29, 0.717) is 0 Å². The third-order valence-corrected chi connectivity index (χ3v) is 5.97. The van der Waals surface area contributed by atoms with Crippen LogP contribution in [0.1, 0.15) is 38.5 Å². The Morgan fingerprint density at radius 1 is 1.00 bits per heavy atom. The van der Waals surface area contributed by atoms with Crippen molar-refractivity contribution >= 4 is 5.96 Å². The molecule has 0 radical (unpaired) electrons. The van der Waals surface area contributed by atoms with E-state index in [1.807, 2.05) is 7.05 Å². The van der Waals surface area contributed by atoms with Crippen molar-refractivity contribution in [2.24, 2.45) is 10.9 Å². The molecule has 3 rings (SSSR count). The first-order valence-electron chi connectivity index (χ1n) is 9.64. The molecular formula is C18H35N5. The van der Waals surface area contributed by atoms with Crippen LogP contribution in [0.2, 0.25) is 0 Å². The number of nitrogens with one attached hydrogen (secondary N) is 1. The zero-order valence-electron chi connectivity index (χ0n) is 15.1. The van der Waals surface area contributed by atoms with E-state index in [1.54, 1.807) is 0 Å². The van der Waals surface area contributed by atoms with Gasteiger partial charge in [-0.1, -0.05) is 6.42 Å². The molecule has 5 nitrogen and oxygen atoms in total. The van der Waals surface area contributed by atoms with Crippen LogP contribution in [0, 0.1) is 5.92 Å². The van der Waals surface area contributed by atoms with Gasteiger partial charge in [0.1, 0.15) is 0 Å². The quantitative estimate of drug-likeness (QED) is 0.630. The Bertz CT molecular complexity index is 383. The molecule has 3 fully saturated rings. The maximum absolute atomic E-state index is 4.55. The first-order chi connectivity index (χ1) is 11.3. The van der Waals surface area contributed by atoms with Crippen molar-refractivity contribution in [3.05, 3.63) is 0 Å². The van der Waals surface area contributed by atoms with Crippen LogP contribution in [0.5, 0.6) is 0 Å². The lowest BCUT2D eigenvalue weighted by atomic mass is 9.97. The third kappa shape index (κ3) is 4.60. The molecular weight excluding hydrogens is 286 g/mol. The van der Waals surface area contributed by atoms with Gasteiger partial charge in [0.15, 0.2) is 5.96 Å². The van der Waals surface area contributed by atoms with E-state index >= 15 is 0 Å². The number of guanidine groups is 1. The summed E-state index contributed by atoms with van der Waals surface area (Å²) in [6, 6.07) is 0.747. The lowest BCUT2D eigenvalue weighted by Crippen LogP contribution is -2.46. The van der Waals surface area contributed by atoms with Gasteiger partial charge in [-0.25, -0.2) is 0 Å². The number of nitrogens with zero attached hydrogens (tertiary/aromatic N) is 4. The van der Waals surface area contributed by atoms with Crippen LogP contribution in [0.4, 0.5) is 0 Å². The summed E-state index contributed by atoms with van der Waals surface area (Å²) in [5.41, 5.74) is 0. The average Bonchev–Trinajstić information content (AvgIpc) is 3.08. The Balaban J connectivity index is 1.43. The van der Waals surface area contributed by atoms with Crippen molar-refractivity contribution in [2.75, 3.05) is 59.9 Å². The molecule has 0 spiro atoms. The van der Waals surface area contributed by atoms with Crippen molar-refractivity contribution < 1.29 is 0 Å². The smallest absolute Gasteiger partial charge is 0.193 e. The maximum Gasteiger partial charge on any atom is 0.193 e. The fourth-order valence-corrected chi connectivity index (χ4v) is 4.35. The summed E-state index contributed by atoms with van der Waals surface area (Å²) in [5.74, 6) is 1.94. The molecule has 0 saturated carbocycles. The fourth-order valence-electron chi connectivity index (χ4n) is 4.35. The molecule has 0 aromatic rings. The highest BCUT2D eigenvalue weighted by Crippen LogP contribution is 2.20. The van der Waals surface area contributed by atoms with Crippen LogP contribution in [-0.2, 0) is 0 Å². The Labute approximate surface area is 142 Å². The lowest BCUT2D eigenvalue weighted by molar-refractivity contribution is 0.168. The number of likely N-dealkylation sites (tertiary alicyclic amines) is 3. The van der Waals surface area contributed by atoms with E-state index < -0.39 is 0 Å². The van der Waals surface area contributed by atoms with Gasteiger partial charge in [0.2, 0.25) is 0 Å². The Morgan fingerprint density at radius 2 is 1.74 bits per heavy atom. The van der Waals surface area contributed by atoms with Crippen molar-refractivity contribution in [2.45, 2.75) is 44.6 Å². The van der Waals surface area contributed by atoms with Gasteiger partial charge in [0, 0.05) is 32.7 Å². The van der Waals surface area contributed by atoms with E-state index in [9.17, 15) is 0 Å². The topological polar surface area (TPSA) is 34.1 Å². The number of aliphatic imine (C=N–C) groups is 1. The molecule has 5 heteroatoms. The monoisotopic (exact) mass is 321 g/mol. The minimum Gasteiger partial charge on any atom is -0.356 e. The average molecular weight is 322 g/mol. The number of hydrogen-bond acceptors (Lipinski definition) is 3. The van der Waals surface area contributed by atoms with Crippen LogP contribution >= 0.6 is 0 Å². The van der Waals surface area contributed by atoms with E-state index in [0.717, 1.165) is 37.6 Å². The van der Waals surface area contributed by atoms with Crippen molar-refractivity contribution in [1.82, 2.24) is 20.0 Å². The minimum atomic E-state index is 0.747. The zero-order valence-corrected chi connectivity index (χ0v) is 15.1. The molecule has 3 heterocycles. The largest absolute Gasteiger partial charge is 0.356 e. The second-order valence-electron chi connectivity index (χ2n) is 7.66. The molecule has 1 unspecified atom stereocenters. The molecule has 1 atom stereocenters. The highest BCUT2D eigenvalue weighted by atomic mass is 15.3. The normalized spacial score (nSPS) is 29.2. The van der Waals surface area contributed by atoms with E-state index in [1.165, 1.54) is 64.7 Å². The van der Waals surface area contributed by atoms with Gasteiger partial charge in [-0.2, -0.15) is 0 Å². The Hall–Kier alpha value is -0.810. The summed E-state index contributed by atoms with van der Waals surface area (Å²) in [4.78, 5) is 12.2. The minimum absolute atomic E-state index is 0.747. The summed E-state index contributed by atoms with van der Waals surface area (Å²) in [7, 11) is 4.17. The summed E-state index contributed by atoms with van der Waals surface area (Å²) in [6.45, 7) is 8.50. The zero-order chi connectivity index (χ0) is 16.1. The van der Waals surface area contributed by atoms with E-state index in [2.05, 4.69) is 32.1 Å².